The molecule has 0 saturated carbocycles. The Morgan fingerprint density at radius 2 is 2.15 bits per heavy atom. The fourth-order valence-corrected chi connectivity index (χ4v) is 1.58. The number of morpholine rings is 1. The summed E-state index contributed by atoms with van der Waals surface area (Å²) in [4.78, 5) is 6.19. The van der Waals surface area contributed by atoms with Crippen molar-refractivity contribution >= 4 is 17.3 Å². The Balaban J connectivity index is 2.14. The Bertz CT molecular complexity index is 287. The van der Waals surface area contributed by atoms with Crippen LogP contribution in [0.5, 0.6) is 0 Å². The van der Waals surface area contributed by atoms with E-state index >= 15 is 0 Å². The van der Waals surface area contributed by atoms with Gasteiger partial charge >= 0.3 is 0 Å². The topological polar surface area (TPSA) is 25.4 Å². The van der Waals surface area contributed by atoms with Gasteiger partial charge < -0.3 is 9.64 Å². The molecule has 0 aliphatic carbocycles. The number of rotatable bonds is 1. The van der Waals surface area contributed by atoms with Crippen molar-refractivity contribution in [2.24, 2.45) is 0 Å². The van der Waals surface area contributed by atoms with Crippen molar-refractivity contribution in [3.63, 3.8) is 0 Å². The molecule has 1 aromatic rings. The maximum Gasteiger partial charge on any atom is 0.131 e. The first-order valence-electron chi connectivity index (χ1n) is 4.30. The average molecular weight is 199 g/mol. The minimum absolute atomic E-state index is 0.545. The molecular weight excluding hydrogens is 188 g/mol. The molecule has 0 N–H and O–H groups in total. The van der Waals surface area contributed by atoms with Crippen molar-refractivity contribution in [2.75, 3.05) is 31.2 Å². The summed E-state index contributed by atoms with van der Waals surface area (Å²) in [5.74, 6) is 0. The lowest BCUT2D eigenvalue weighted by atomic mass is 10.3. The average Bonchev–Trinajstić information content (AvgIpc) is 2.19. The molecule has 2 rings (SSSR count). The van der Waals surface area contributed by atoms with Gasteiger partial charge in [-0.3, -0.25) is 0 Å². The second-order valence-corrected chi connectivity index (χ2v) is 3.32. The van der Waals surface area contributed by atoms with E-state index in [-0.39, 0.29) is 0 Å². The van der Waals surface area contributed by atoms with Crippen molar-refractivity contribution in [3.05, 3.63) is 23.5 Å². The highest BCUT2D eigenvalue weighted by Crippen LogP contribution is 2.17. The summed E-state index contributed by atoms with van der Waals surface area (Å²) in [6.07, 6.45) is 1.73. The molecule has 0 unspecified atom stereocenters. The summed E-state index contributed by atoms with van der Waals surface area (Å²) in [6, 6.07) is 3.85. The number of nitrogens with zero attached hydrogens (tertiary/aromatic N) is 2. The van der Waals surface area contributed by atoms with Gasteiger partial charge in [-0.2, -0.15) is 0 Å². The molecule has 3 nitrogen and oxygen atoms in total. The maximum absolute atomic E-state index is 5.80. The summed E-state index contributed by atoms with van der Waals surface area (Å²) < 4.78 is 5.26. The van der Waals surface area contributed by atoms with E-state index in [9.17, 15) is 0 Å². The SMILES string of the molecule is Clc1cc(N2CCOCC2)ccn1. The molecule has 0 bridgehead atoms. The molecule has 1 aliphatic heterocycles. The van der Waals surface area contributed by atoms with Crippen LogP contribution in [0.3, 0.4) is 0 Å². The number of hydrogen-bond donors (Lipinski definition) is 0. The Morgan fingerprint density at radius 3 is 2.85 bits per heavy atom. The van der Waals surface area contributed by atoms with Crippen molar-refractivity contribution in [1.29, 1.82) is 0 Å². The third-order valence-corrected chi connectivity index (χ3v) is 2.29. The molecule has 0 aromatic carbocycles. The highest BCUT2D eigenvalue weighted by molar-refractivity contribution is 6.29. The van der Waals surface area contributed by atoms with E-state index in [4.69, 9.17) is 16.3 Å². The molecule has 1 saturated heterocycles. The monoisotopic (exact) mass is 198 g/mol. The van der Waals surface area contributed by atoms with Gasteiger partial charge in [0.1, 0.15) is 5.15 Å². The summed E-state index contributed by atoms with van der Waals surface area (Å²) in [7, 11) is 0. The highest BCUT2D eigenvalue weighted by Gasteiger charge is 2.10. The quantitative estimate of drug-likeness (QED) is 0.641. The first-order chi connectivity index (χ1) is 6.36. The molecule has 70 valence electrons. The van der Waals surface area contributed by atoms with E-state index in [0.717, 1.165) is 32.0 Å². The number of ether oxygens (including phenoxy) is 1. The molecule has 0 radical (unpaired) electrons. The van der Waals surface area contributed by atoms with Gasteiger partial charge in [0, 0.05) is 25.0 Å². The second-order valence-electron chi connectivity index (χ2n) is 2.94. The first kappa shape index (κ1) is 8.78. The third kappa shape index (κ3) is 2.11. The third-order valence-electron chi connectivity index (χ3n) is 2.09. The lowest BCUT2D eigenvalue weighted by Gasteiger charge is -2.28. The molecule has 1 aromatic heterocycles. The van der Waals surface area contributed by atoms with Gasteiger partial charge in [0.2, 0.25) is 0 Å². The van der Waals surface area contributed by atoms with Crippen LogP contribution in [-0.2, 0) is 4.74 Å². The van der Waals surface area contributed by atoms with Crippen LogP contribution in [0.25, 0.3) is 0 Å². The van der Waals surface area contributed by atoms with E-state index in [2.05, 4.69) is 9.88 Å². The minimum atomic E-state index is 0.545. The van der Waals surface area contributed by atoms with Gasteiger partial charge in [0.05, 0.1) is 13.2 Å². The Labute approximate surface area is 82.3 Å². The standard InChI is InChI=1S/C9H11ClN2O/c10-9-7-8(1-2-11-9)12-3-5-13-6-4-12/h1-2,7H,3-6H2. The van der Waals surface area contributed by atoms with Gasteiger partial charge in [0.15, 0.2) is 0 Å². The summed E-state index contributed by atoms with van der Waals surface area (Å²) in [5, 5.41) is 0.545. The molecule has 4 heteroatoms. The second kappa shape index (κ2) is 3.94. The van der Waals surface area contributed by atoms with Crippen LogP contribution in [0, 0.1) is 0 Å². The molecule has 13 heavy (non-hydrogen) atoms. The largest absolute Gasteiger partial charge is 0.378 e. The highest BCUT2D eigenvalue weighted by atomic mass is 35.5. The van der Waals surface area contributed by atoms with Crippen molar-refractivity contribution in [1.82, 2.24) is 4.98 Å². The van der Waals surface area contributed by atoms with E-state index < -0.39 is 0 Å². The molecule has 0 amide bonds. The summed E-state index contributed by atoms with van der Waals surface area (Å²) in [5.41, 5.74) is 1.13. The molecular formula is C9H11ClN2O. The number of anilines is 1. The predicted octanol–water partition coefficient (Wildman–Crippen LogP) is 1.57. The van der Waals surface area contributed by atoms with Crippen LogP contribution in [0.1, 0.15) is 0 Å². The van der Waals surface area contributed by atoms with Gasteiger partial charge in [-0.15, -0.1) is 0 Å². The fourth-order valence-electron chi connectivity index (χ4n) is 1.41. The molecule has 0 spiro atoms. The maximum atomic E-state index is 5.80. The van der Waals surface area contributed by atoms with E-state index in [1.165, 1.54) is 0 Å². The minimum Gasteiger partial charge on any atom is -0.378 e. The van der Waals surface area contributed by atoms with Crippen LogP contribution >= 0.6 is 11.6 Å². The molecule has 0 atom stereocenters. The summed E-state index contributed by atoms with van der Waals surface area (Å²) in [6.45, 7) is 3.45. The van der Waals surface area contributed by atoms with Gasteiger partial charge in [-0.25, -0.2) is 4.98 Å². The van der Waals surface area contributed by atoms with Gasteiger partial charge in [0.25, 0.3) is 0 Å². The number of hydrogen-bond acceptors (Lipinski definition) is 3. The van der Waals surface area contributed by atoms with Crippen LogP contribution in [0.2, 0.25) is 5.15 Å². The first-order valence-corrected chi connectivity index (χ1v) is 4.68. The van der Waals surface area contributed by atoms with Gasteiger partial charge in [-0.1, -0.05) is 11.6 Å². The zero-order valence-corrected chi connectivity index (χ0v) is 8.00. The number of aromatic nitrogens is 1. The molecule has 2 heterocycles. The van der Waals surface area contributed by atoms with E-state index in [1.807, 2.05) is 12.1 Å². The van der Waals surface area contributed by atoms with Crippen molar-refractivity contribution < 1.29 is 4.74 Å². The lowest BCUT2D eigenvalue weighted by Crippen LogP contribution is -2.36. The zero-order valence-electron chi connectivity index (χ0n) is 7.24. The van der Waals surface area contributed by atoms with E-state index in [1.54, 1.807) is 6.20 Å². The van der Waals surface area contributed by atoms with Crippen molar-refractivity contribution in [2.45, 2.75) is 0 Å². The van der Waals surface area contributed by atoms with Crippen LogP contribution in [0.15, 0.2) is 18.3 Å². The molecule has 1 aliphatic rings. The van der Waals surface area contributed by atoms with Crippen molar-refractivity contribution in [3.8, 4) is 0 Å². The molecule has 1 fully saturated rings. The van der Waals surface area contributed by atoms with Crippen LogP contribution in [-0.4, -0.2) is 31.3 Å². The fraction of sp³-hybridized carbons (Fsp3) is 0.444. The smallest absolute Gasteiger partial charge is 0.131 e. The Hall–Kier alpha value is -0.800. The predicted molar refractivity (Wildman–Crippen MR) is 52.3 cm³/mol. The zero-order chi connectivity index (χ0) is 9.10. The van der Waals surface area contributed by atoms with Crippen LogP contribution < -0.4 is 4.90 Å². The normalized spacial score (nSPS) is 17.5. The number of halogens is 1. The van der Waals surface area contributed by atoms with E-state index in [0.29, 0.717) is 5.15 Å². The van der Waals surface area contributed by atoms with Crippen LogP contribution in [0.4, 0.5) is 5.69 Å². The van der Waals surface area contributed by atoms with Gasteiger partial charge in [-0.05, 0) is 12.1 Å². The number of pyridine rings is 1. The lowest BCUT2D eigenvalue weighted by molar-refractivity contribution is 0.122. The Morgan fingerprint density at radius 1 is 1.38 bits per heavy atom. The Kier molecular flexibility index (Phi) is 2.66. The summed E-state index contributed by atoms with van der Waals surface area (Å²) >= 11 is 5.80.